The SMILES string of the molecule is COc1cc(OC)c2c(=O)cc(-c3ccc(O)c(OC)c3)oc2c1. The number of phenolic OH excluding ortho intramolecular Hbond substituents is 1. The van der Waals surface area contributed by atoms with Crippen LogP contribution in [0, 0.1) is 0 Å². The number of phenols is 1. The Hall–Kier alpha value is -3.15. The first-order chi connectivity index (χ1) is 11.6. The fraction of sp³-hybridized carbons (Fsp3) is 0.167. The molecule has 1 aromatic heterocycles. The van der Waals surface area contributed by atoms with E-state index in [4.69, 9.17) is 18.6 Å². The predicted molar refractivity (Wildman–Crippen MR) is 89.2 cm³/mol. The molecule has 24 heavy (non-hydrogen) atoms. The highest BCUT2D eigenvalue weighted by Crippen LogP contribution is 2.34. The van der Waals surface area contributed by atoms with E-state index >= 15 is 0 Å². The molecule has 6 nitrogen and oxygen atoms in total. The second-order valence-corrected chi connectivity index (χ2v) is 5.06. The van der Waals surface area contributed by atoms with Crippen molar-refractivity contribution in [3.63, 3.8) is 0 Å². The number of aromatic hydroxyl groups is 1. The number of fused-ring (bicyclic) bond motifs is 1. The Balaban J connectivity index is 2.26. The van der Waals surface area contributed by atoms with Gasteiger partial charge in [-0.2, -0.15) is 0 Å². The van der Waals surface area contributed by atoms with Gasteiger partial charge < -0.3 is 23.7 Å². The van der Waals surface area contributed by atoms with Gasteiger partial charge in [-0.15, -0.1) is 0 Å². The summed E-state index contributed by atoms with van der Waals surface area (Å²) < 4.78 is 21.4. The van der Waals surface area contributed by atoms with Crippen LogP contribution in [-0.4, -0.2) is 26.4 Å². The highest BCUT2D eigenvalue weighted by Gasteiger charge is 2.14. The Bertz CT molecular complexity index is 958. The lowest BCUT2D eigenvalue weighted by atomic mass is 10.1. The quantitative estimate of drug-likeness (QED) is 0.792. The standard InChI is InChI=1S/C18H16O6/c1-21-11-7-16(23-3)18-13(20)9-14(24-17(18)8-11)10-4-5-12(19)15(6-10)22-2/h4-9,19H,1-3H3. The van der Waals surface area contributed by atoms with Crippen molar-refractivity contribution < 1.29 is 23.7 Å². The maximum Gasteiger partial charge on any atom is 0.197 e. The number of hydrogen-bond acceptors (Lipinski definition) is 6. The Morgan fingerprint density at radius 1 is 0.917 bits per heavy atom. The molecule has 0 bridgehead atoms. The summed E-state index contributed by atoms with van der Waals surface area (Å²) in [5.74, 6) is 1.54. The van der Waals surface area contributed by atoms with Crippen LogP contribution in [0.2, 0.25) is 0 Å². The average Bonchev–Trinajstić information content (AvgIpc) is 2.60. The Labute approximate surface area is 137 Å². The van der Waals surface area contributed by atoms with E-state index < -0.39 is 0 Å². The minimum atomic E-state index is -0.238. The van der Waals surface area contributed by atoms with Gasteiger partial charge in [0.05, 0.1) is 21.3 Å². The zero-order valence-corrected chi connectivity index (χ0v) is 13.5. The van der Waals surface area contributed by atoms with Gasteiger partial charge in [0.15, 0.2) is 16.9 Å². The van der Waals surface area contributed by atoms with Gasteiger partial charge in [0.2, 0.25) is 0 Å². The smallest absolute Gasteiger partial charge is 0.197 e. The van der Waals surface area contributed by atoms with Crippen molar-refractivity contribution in [2.24, 2.45) is 0 Å². The van der Waals surface area contributed by atoms with Crippen LogP contribution in [-0.2, 0) is 0 Å². The molecule has 0 saturated carbocycles. The average molecular weight is 328 g/mol. The molecule has 1 N–H and O–H groups in total. The largest absolute Gasteiger partial charge is 0.504 e. The van der Waals surface area contributed by atoms with Crippen molar-refractivity contribution in [3.8, 4) is 34.3 Å². The molecule has 0 atom stereocenters. The molecule has 0 radical (unpaired) electrons. The molecule has 0 spiro atoms. The zero-order chi connectivity index (χ0) is 17.3. The second-order valence-electron chi connectivity index (χ2n) is 5.06. The third-order valence-corrected chi connectivity index (χ3v) is 3.69. The first-order valence-corrected chi connectivity index (χ1v) is 7.14. The number of hydrogen-bond donors (Lipinski definition) is 1. The summed E-state index contributed by atoms with van der Waals surface area (Å²) in [5, 5.41) is 10.0. The molecule has 3 aromatic rings. The fourth-order valence-electron chi connectivity index (χ4n) is 2.48. The van der Waals surface area contributed by atoms with E-state index in [1.807, 2.05) is 0 Å². The van der Waals surface area contributed by atoms with Gasteiger partial charge in [-0.3, -0.25) is 4.79 Å². The van der Waals surface area contributed by atoms with Crippen molar-refractivity contribution in [2.45, 2.75) is 0 Å². The molecule has 1 heterocycles. The molecule has 0 aliphatic heterocycles. The normalized spacial score (nSPS) is 10.6. The van der Waals surface area contributed by atoms with E-state index in [9.17, 15) is 9.90 Å². The third kappa shape index (κ3) is 2.62. The van der Waals surface area contributed by atoms with Crippen LogP contribution in [0.3, 0.4) is 0 Å². The van der Waals surface area contributed by atoms with Gasteiger partial charge >= 0.3 is 0 Å². The van der Waals surface area contributed by atoms with Gasteiger partial charge in [0.1, 0.15) is 28.2 Å². The fourth-order valence-corrected chi connectivity index (χ4v) is 2.48. The highest BCUT2D eigenvalue weighted by molar-refractivity contribution is 5.86. The summed E-state index contributed by atoms with van der Waals surface area (Å²) in [6.07, 6.45) is 0. The minimum absolute atomic E-state index is 0.00715. The lowest BCUT2D eigenvalue weighted by molar-refractivity contribution is 0.373. The van der Waals surface area contributed by atoms with E-state index in [2.05, 4.69) is 0 Å². The molecule has 2 aromatic carbocycles. The van der Waals surface area contributed by atoms with Gasteiger partial charge in [-0.1, -0.05) is 0 Å². The summed E-state index contributed by atoms with van der Waals surface area (Å²) in [7, 11) is 4.45. The maximum absolute atomic E-state index is 12.5. The van der Waals surface area contributed by atoms with Gasteiger partial charge in [-0.05, 0) is 18.2 Å². The van der Waals surface area contributed by atoms with Gasteiger partial charge in [-0.25, -0.2) is 0 Å². The first-order valence-electron chi connectivity index (χ1n) is 7.14. The number of rotatable bonds is 4. The predicted octanol–water partition coefficient (Wildman–Crippen LogP) is 3.19. The maximum atomic E-state index is 12.5. The molecule has 0 aliphatic carbocycles. The molecule has 6 heteroatoms. The van der Waals surface area contributed by atoms with Crippen molar-refractivity contribution in [1.82, 2.24) is 0 Å². The third-order valence-electron chi connectivity index (χ3n) is 3.69. The number of methoxy groups -OCH3 is 3. The van der Waals surface area contributed by atoms with Crippen molar-refractivity contribution in [3.05, 3.63) is 46.6 Å². The summed E-state index contributed by atoms with van der Waals surface area (Å²) in [6.45, 7) is 0. The Kier molecular flexibility index (Phi) is 4.04. The molecule has 0 saturated heterocycles. The van der Waals surface area contributed by atoms with E-state index in [0.717, 1.165) is 0 Å². The molecule has 124 valence electrons. The Morgan fingerprint density at radius 3 is 2.33 bits per heavy atom. The summed E-state index contributed by atoms with van der Waals surface area (Å²) in [4.78, 5) is 12.5. The van der Waals surface area contributed by atoms with Crippen LogP contribution in [0.5, 0.6) is 23.0 Å². The van der Waals surface area contributed by atoms with Crippen molar-refractivity contribution in [2.75, 3.05) is 21.3 Å². The van der Waals surface area contributed by atoms with Crippen LogP contribution in [0.4, 0.5) is 0 Å². The zero-order valence-electron chi connectivity index (χ0n) is 13.5. The first kappa shape index (κ1) is 15.7. The van der Waals surface area contributed by atoms with Crippen molar-refractivity contribution in [1.29, 1.82) is 0 Å². The molecule has 0 aliphatic rings. The molecule has 3 rings (SSSR count). The van der Waals surface area contributed by atoms with Crippen LogP contribution in [0.15, 0.2) is 45.6 Å². The molecule has 0 amide bonds. The molecule has 0 unspecified atom stereocenters. The number of ether oxygens (including phenoxy) is 3. The Morgan fingerprint density at radius 2 is 1.67 bits per heavy atom. The molecular weight excluding hydrogens is 312 g/mol. The summed E-state index contributed by atoms with van der Waals surface area (Å²) in [6, 6.07) is 9.34. The van der Waals surface area contributed by atoms with Gasteiger partial charge in [0.25, 0.3) is 0 Å². The van der Waals surface area contributed by atoms with Crippen LogP contribution in [0.25, 0.3) is 22.3 Å². The van der Waals surface area contributed by atoms with E-state index in [-0.39, 0.29) is 11.2 Å². The van der Waals surface area contributed by atoms with E-state index in [1.54, 1.807) is 24.3 Å². The second kappa shape index (κ2) is 6.16. The summed E-state index contributed by atoms with van der Waals surface area (Å²) in [5.41, 5.74) is 0.712. The lowest BCUT2D eigenvalue weighted by Gasteiger charge is -2.10. The van der Waals surface area contributed by atoms with Crippen LogP contribution < -0.4 is 19.6 Å². The van der Waals surface area contributed by atoms with E-state index in [1.165, 1.54) is 33.5 Å². The highest BCUT2D eigenvalue weighted by atomic mass is 16.5. The topological polar surface area (TPSA) is 78.1 Å². The van der Waals surface area contributed by atoms with Crippen molar-refractivity contribution >= 4 is 11.0 Å². The van der Waals surface area contributed by atoms with Crippen LogP contribution >= 0.6 is 0 Å². The minimum Gasteiger partial charge on any atom is -0.504 e. The molecule has 0 fully saturated rings. The van der Waals surface area contributed by atoms with Crippen LogP contribution in [0.1, 0.15) is 0 Å². The lowest BCUT2D eigenvalue weighted by Crippen LogP contribution is -2.03. The monoisotopic (exact) mass is 328 g/mol. The van der Waals surface area contributed by atoms with E-state index in [0.29, 0.717) is 39.5 Å². The summed E-state index contributed by atoms with van der Waals surface area (Å²) >= 11 is 0. The number of benzene rings is 2. The molecular formula is C18H16O6. The van der Waals surface area contributed by atoms with Gasteiger partial charge in [0, 0.05) is 23.8 Å².